The van der Waals surface area contributed by atoms with Crippen molar-refractivity contribution in [2.75, 3.05) is 13.1 Å². The predicted molar refractivity (Wildman–Crippen MR) is 98.1 cm³/mol. The fourth-order valence-electron chi connectivity index (χ4n) is 3.21. The molecule has 2 aromatic rings. The Bertz CT molecular complexity index is 817. The molecule has 0 bridgehead atoms. The summed E-state index contributed by atoms with van der Waals surface area (Å²) in [6, 6.07) is 13.9. The number of nitrogens with one attached hydrogen (secondary N) is 1. The van der Waals surface area contributed by atoms with Gasteiger partial charge >= 0.3 is 0 Å². The van der Waals surface area contributed by atoms with Crippen LogP contribution in [-0.4, -0.2) is 29.8 Å². The molecule has 1 aliphatic rings. The molecule has 0 spiro atoms. The lowest BCUT2D eigenvalue weighted by atomic mass is 9.98. The number of nitrogens with zero attached hydrogens (tertiary/aromatic N) is 1. The van der Waals surface area contributed by atoms with E-state index < -0.39 is 0 Å². The zero-order chi connectivity index (χ0) is 18.5. The van der Waals surface area contributed by atoms with Gasteiger partial charge in [-0.25, -0.2) is 4.39 Å². The highest BCUT2D eigenvalue weighted by atomic mass is 19.1. The quantitative estimate of drug-likeness (QED) is 0.840. The minimum Gasteiger partial charge on any atom is -0.348 e. The first-order valence-electron chi connectivity index (χ1n) is 8.61. The molecule has 0 radical (unpaired) electrons. The molecule has 4 nitrogen and oxygen atoms in total. The molecule has 5 heteroatoms. The molecule has 26 heavy (non-hydrogen) atoms. The van der Waals surface area contributed by atoms with Crippen molar-refractivity contribution in [3.8, 4) is 0 Å². The van der Waals surface area contributed by atoms with Crippen molar-refractivity contribution in [3.05, 3.63) is 83.7 Å². The van der Waals surface area contributed by atoms with Crippen LogP contribution < -0.4 is 5.32 Å². The first-order chi connectivity index (χ1) is 12.6. The van der Waals surface area contributed by atoms with Crippen LogP contribution in [0.2, 0.25) is 0 Å². The number of carbonyl (C=O) groups excluding carboxylic acids is 2. The predicted octanol–water partition coefficient (Wildman–Crippen LogP) is 3.26. The van der Waals surface area contributed by atoms with Crippen molar-refractivity contribution in [2.24, 2.45) is 0 Å². The topological polar surface area (TPSA) is 49.4 Å². The van der Waals surface area contributed by atoms with E-state index in [0.29, 0.717) is 30.8 Å². The fraction of sp³-hybridized carbons (Fsp3) is 0.238. The maximum atomic E-state index is 14.0. The second-order valence-corrected chi connectivity index (χ2v) is 6.38. The van der Waals surface area contributed by atoms with Gasteiger partial charge in [0.25, 0.3) is 5.91 Å². The highest BCUT2D eigenvalue weighted by Gasteiger charge is 2.29. The lowest BCUT2D eigenvalue weighted by Crippen LogP contribution is -2.28. The smallest absolute Gasteiger partial charge is 0.253 e. The van der Waals surface area contributed by atoms with E-state index in [1.807, 2.05) is 18.2 Å². The van der Waals surface area contributed by atoms with Gasteiger partial charge in [-0.1, -0.05) is 36.9 Å². The minimum atomic E-state index is -0.235. The molecule has 1 saturated heterocycles. The van der Waals surface area contributed by atoms with Crippen LogP contribution >= 0.6 is 0 Å². The van der Waals surface area contributed by atoms with Gasteiger partial charge in [0.2, 0.25) is 5.91 Å². The van der Waals surface area contributed by atoms with Crippen molar-refractivity contribution in [2.45, 2.75) is 18.9 Å². The van der Waals surface area contributed by atoms with Crippen LogP contribution in [0.25, 0.3) is 0 Å². The second-order valence-electron chi connectivity index (χ2n) is 6.38. The molecule has 1 heterocycles. The third kappa shape index (κ3) is 3.99. The Kier molecular flexibility index (Phi) is 5.46. The molecule has 1 aliphatic heterocycles. The molecule has 2 aromatic carbocycles. The van der Waals surface area contributed by atoms with Crippen molar-refractivity contribution >= 4 is 11.8 Å². The maximum Gasteiger partial charge on any atom is 0.253 e. The van der Waals surface area contributed by atoms with Gasteiger partial charge in [-0.05, 0) is 41.8 Å². The highest BCUT2D eigenvalue weighted by Crippen LogP contribution is 2.29. The standard InChI is InChI=1S/C21H21FN2O2/c1-2-20(25)23-13-15-7-9-16(10-8-15)21(26)24-12-11-17(14-24)18-5-3-4-6-19(18)22/h2-10,17H,1,11-14H2,(H,23,25). The molecule has 3 rings (SSSR count). The third-order valence-electron chi connectivity index (χ3n) is 4.67. The first-order valence-corrected chi connectivity index (χ1v) is 8.61. The molecule has 0 aromatic heterocycles. The number of hydrogen-bond acceptors (Lipinski definition) is 2. The van der Waals surface area contributed by atoms with Gasteiger partial charge in [-0.2, -0.15) is 0 Å². The van der Waals surface area contributed by atoms with Crippen LogP contribution in [0.5, 0.6) is 0 Å². The lowest BCUT2D eigenvalue weighted by molar-refractivity contribution is -0.116. The Morgan fingerprint density at radius 1 is 1.19 bits per heavy atom. The van der Waals surface area contributed by atoms with Gasteiger partial charge in [0.15, 0.2) is 0 Å². The first kappa shape index (κ1) is 17.9. The second kappa shape index (κ2) is 7.95. The zero-order valence-electron chi connectivity index (χ0n) is 14.5. The van der Waals surface area contributed by atoms with Crippen molar-refractivity contribution in [1.82, 2.24) is 10.2 Å². The number of hydrogen-bond donors (Lipinski definition) is 1. The van der Waals surface area contributed by atoms with E-state index in [2.05, 4.69) is 11.9 Å². The number of rotatable bonds is 5. The summed E-state index contributed by atoms with van der Waals surface area (Å²) >= 11 is 0. The van der Waals surface area contributed by atoms with Crippen LogP contribution in [0.3, 0.4) is 0 Å². The average Bonchev–Trinajstić information content (AvgIpc) is 3.16. The van der Waals surface area contributed by atoms with Gasteiger partial charge in [0.05, 0.1) is 0 Å². The molecule has 1 N–H and O–H groups in total. The summed E-state index contributed by atoms with van der Waals surface area (Å²) in [5, 5.41) is 2.69. The van der Waals surface area contributed by atoms with Crippen LogP contribution in [0.4, 0.5) is 4.39 Å². The number of halogens is 1. The largest absolute Gasteiger partial charge is 0.348 e. The Morgan fingerprint density at radius 3 is 2.62 bits per heavy atom. The monoisotopic (exact) mass is 352 g/mol. The van der Waals surface area contributed by atoms with E-state index in [-0.39, 0.29) is 23.5 Å². The van der Waals surface area contributed by atoms with Crippen LogP contribution in [0.1, 0.15) is 33.8 Å². The molecule has 1 atom stereocenters. The Morgan fingerprint density at radius 2 is 1.92 bits per heavy atom. The molecule has 0 aliphatic carbocycles. The van der Waals surface area contributed by atoms with Gasteiger partial charge in [-0.15, -0.1) is 0 Å². The fourth-order valence-corrected chi connectivity index (χ4v) is 3.21. The lowest BCUT2D eigenvalue weighted by Gasteiger charge is -2.17. The number of carbonyl (C=O) groups is 2. The molecule has 1 unspecified atom stereocenters. The Hall–Kier alpha value is -2.95. The van der Waals surface area contributed by atoms with E-state index >= 15 is 0 Å². The summed E-state index contributed by atoms with van der Waals surface area (Å²) in [7, 11) is 0. The van der Waals surface area contributed by atoms with Gasteiger partial charge in [0.1, 0.15) is 5.82 Å². The Labute approximate surface area is 152 Å². The van der Waals surface area contributed by atoms with Crippen molar-refractivity contribution in [1.29, 1.82) is 0 Å². The van der Waals surface area contributed by atoms with Crippen molar-refractivity contribution < 1.29 is 14.0 Å². The SMILES string of the molecule is C=CC(=O)NCc1ccc(C(=O)N2CCC(c3ccccc3F)C2)cc1. The van der Waals surface area contributed by atoms with Gasteiger partial charge < -0.3 is 10.2 Å². The van der Waals surface area contributed by atoms with E-state index in [1.165, 1.54) is 12.1 Å². The maximum absolute atomic E-state index is 14.0. The molecular formula is C21H21FN2O2. The van der Waals surface area contributed by atoms with Gasteiger partial charge in [0, 0.05) is 31.1 Å². The summed E-state index contributed by atoms with van der Waals surface area (Å²) in [5.74, 6) is -0.460. The summed E-state index contributed by atoms with van der Waals surface area (Å²) < 4.78 is 14.0. The van der Waals surface area contributed by atoms with Crippen LogP contribution in [-0.2, 0) is 11.3 Å². The van der Waals surface area contributed by atoms with E-state index in [9.17, 15) is 14.0 Å². The molecule has 0 saturated carbocycles. The highest BCUT2D eigenvalue weighted by molar-refractivity contribution is 5.94. The van der Waals surface area contributed by atoms with Crippen LogP contribution in [0.15, 0.2) is 61.2 Å². The van der Waals surface area contributed by atoms with Crippen LogP contribution in [0, 0.1) is 5.82 Å². The summed E-state index contributed by atoms with van der Waals surface area (Å²) in [6.07, 6.45) is 1.98. The summed E-state index contributed by atoms with van der Waals surface area (Å²) in [4.78, 5) is 25.6. The molecule has 2 amide bonds. The van der Waals surface area contributed by atoms with E-state index in [1.54, 1.807) is 29.2 Å². The minimum absolute atomic E-state index is 0.0357. The summed E-state index contributed by atoms with van der Waals surface area (Å²) in [5.41, 5.74) is 2.18. The average molecular weight is 352 g/mol. The third-order valence-corrected chi connectivity index (χ3v) is 4.67. The normalized spacial score (nSPS) is 16.3. The van der Waals surface area contributed by atoms with Crippen molar-refractivity contribution in [3.63, 3.8) is 0 Å². The molecule has 1 fully saturated rings. The molecule has 134 valence electrons. The van der Waals surface area contributed by atoms with E-state index in [4.69, 9.17) is 0 Å². The van der Waals surface area contributed by atoms with Gasteiger partial charge in [-0.3, -0.25) is 9.59 Å². The number of likely N-dealkylation sites (tertiary alicyclic amines) is 1. The number of benzene rings is 2. The summed E-state index contributed by atoms with van der Waals surface area (Å²) in [6.45, 7) is 4.93. The molecular weight excluding hydrogens is 331 g/mol. The van der Waals surface area contributed by atoms with E-state index in [0.717, 1.165) is 12.0 Å². The number of amides is 2. The Balaban J connectivity index is 1.62. The zero-order valence-corrected chi connectivity index (χ0v) is 14.5.